The quantitative estimate of drug-likeness (QED) is 0.475. The first-order valence-electron chi connectivity index (χ1n) is 3.71. The topological polar surface area (TPSA) is 103 Å². The summed E-state index contributed by atoms with van der Waals surface area (Å²) < 4.78 is 0. The van der Waals surface area contributed by atoms with E-state index in [1.165, 1.54) is 0 Å². The first-order valence-corrected chi connectivity index (χ1v) is 4.08. The molecule has 0 saturated heterocycles. The zero-order valence-electron chi connectivity index (χ0n) is 7.27. The Labute approximate surface area is 88.8 Å². The molecule has 0 bridgehead atoms. The van der Waals surface area contributed by atoms with E-state index in [-0.39, 0.29) is 11.1 Å². The molecule has 0 heterocycles. The normalized spacial score (nSPS) is 9.67. The van der Waals surface area contributed by atoms with E-state index in [0.717, 1.165) is 18.2 Å². The van der Waals surface area contributed by atoms with Gasteiger partial charge in [-0.3, -0.25) is 19.7 Å². The molecule has 1 aromatic carbocycles. The zero-order chi connectivity index (χ0) is 11.6. The Balaban J connectivity index is 3.39. The van der Waals surface area contributed by atoms with E-state index in [1.807, 2.05) is 0 Å². The summed E-state index contributed by atoms with van der Waals surface area (Å²) in [5.41, 5.74) is 4.26. The maximum absolute atomic E-state index is 10.8. The van der Waals surface area contributed by atoms with Gasteiger partial charge in [-0.2, -0.15) is 0 Å². The second-order valence-corrected chi connectivity index (χ2v) is 3.01. The van der Waals surface area contributed by atoms with E-state index >= 15 is 0 Å². The van der Waals surface area contributed by atoms with E-state index < -0.39 is 21.8 Å². The molecule has 0 aliphatic carbocycles. The van der Waals surface area contributed by atoms with Crippen LogP contribution in [0, 0.1) is 10.1 Å². The van der Waals surface area contributed by atoms with Crippen molar-refractivity contribution in [1.82, 2.24) is 0 Å². The van der Waals surface area contributed by atoms with Crippen LogP contribution >= 0.6 is 11.6 Å². The van der Waals surface area contributed by atoms with Gasteiger partial charge in [-0.25, -0.2) is 0 Å². The summed E-state index contributed by atoms with van der Waals surface area (Å²) in [5.74, 6) is -0.863. The fraction of sp³-hybridized carbons (Fsp3) is 0. The van der Waals surface area contributed by atoms with E-state index in [1.54, 1.807) is 0 Å². The molecule has 7 heteroatoms. The van der Waals surface area contributed by atoms with Gasteiger partial charge in [-0.1, -0.05) is 0 Å². The van der Waals surface area contributed by atoms with Gasteiger partial charge in [0.15, 0.2) is 0 Å². The molecule has 15 heavy (non-hydrogen) atoms. The SMILES string of the molecule is NC(=O)c1cc(C(=O)Cl)cc([N+](=O)[O-])c1. The van der Waals surface area contributed by atoms with Gasteiger partial charge in [-0.15, -0.1) is 0 Å². The number of carbonyl (C=O) groups is 2. The Morgan fingerprint density at radius 1 is 1.27 bits per heavy atom. The molecular weight excluding hydrogens is 224 g/mol. The molecule has 0 radical (unpaired) electrons. The van der Waals surface area contributed by atoms with Crippen molar-refractivity contribution < 1.29 is 14.5 Å². The van der Waals surface area contributed by atoms with Crippen LogP contribution in [-0.2, 0) is 0 Å². The van der Waals surface area contributed by atoms with Gasteiger partial charge in [0.1, 0.15) is 0 Å². The van der Waals surface area contributed by atoms with Crippen molar-refractivity contribution in [2.45, 2.75) is 0 Å². The summed E-state index contributed by atoms with van der Waals surface area (Å²) >= 11 is 5.14. The van der Waals surface area contributed by atoms with Crippen LogP contribution in [0.25, 0.3) is 0 Å². The predicted octanol–water partition coefficient (Wildman–Crippen LogP) is 1.07. The molecule has 2 N–H and O–H groups in total. The van der Waals surface area contributed by atoms with Crippen molar-refractivity contribution in [3.05, 3.63) is 39.4 Å². The Hall–Kier alpha value is -1.95. The van der Waals surface area contributed by atoms with Crippen molar-refractivity contribution in [2.24, 2.45) is 5.73 Å². The number of primary amides is 1. The molecule has 0 aliphatic rings. The van der Waals surface area contributed by atoms with Crippen molar-refractivity contribution in [1.29, 1.82) is 0 Å². The van der Waals surface area contributed by atoms with Crippen LogP contribution < -0.4 is 5.73 Å². The lowest BCUT2D eigenvalue weighted by Gasteiger charge is -1.99. The Kier molecular flexibility index (Phi) is 3.01. The molecule has 0 fully saturated rings. The molecule has 0 unspecified atom stereocenters. The number of amides is 1. The maximum atomic E-state index is 10.8. The third-order valence-corrected chi connectivity index (χ3v) is 1.86. The average Bonchev–Trinajstić information content (AvgIpc) is 2.16. The highest BCUT2D eigenvalue weighted by atomic mass is 35.5. The molecule has 0 spiro atoms. The second-order valence-electron chi connectivity index (χ2n) is 2.66. The highest BCUT2D eigenvalue weighted by Crippen LogP contribution is 2.18. The van der Waals surface area contributed by atoms with Gasteiger partial charge >= 0.3 is 0 Å². The minimum atomic E-state index is -0.888. The Morgan fingerprint density at radius 3 is 2.20 bits per heavy atom. The van der Waals surface area contributed by atoms with E-state index in [4.69, 9.17) is 17.3 Å². The fourth-order valence-electron chi connectivity index (χ4n) is 0.972. The Morgan fingerprint density at radius 2 is 1.80 bits per heavy atom. The summed E-state index contributed by atoms with van der Waals surface area (Å²) in [6.07, 6.45) is 0. The molecule has 1 amide bonds. The van der Waals surface area contributed by atoms with Gasteiger partial charge in [-0.05, 0) is 17.7 Å². The van der Waals surface area contributed by atoms with Crippen LogP contribution in [0.5, 0.6) is 0 Å². The standard InChI is InChI=1S/C8H5ClN2O4/c9-7(12)4-1-5(8(10)13)3-6(2-4)11(14)15/h1-3H,(H2,10,13). The highest BCUT2D eigenvalue weighted by molar-refractivity contribution is 6.67. The highest BCUT2D eigenvalue weighted by Gasteiger charge is 2.15. The summed E-state index contributed by atoms with van der Waals surface area (Å²) in [4.78, 5) is 31.3. The molecular formula is C8H5ClN2O4. The van der Waals surface area contributed by atoms with Crippen LogP contribution in [0.1, 0.15) is 20.7 Å². The van der Waals surface area contributed by atoms with E-state index in [2.05, 4.69) is 0 Å². The zero-order valence-corrected chi connectivity index (χ0v) is 8.02. The van der Waals surface area contributed by atoms with Gasteiger partial charge < -0.3 is 5.73 Å². The minimum absolute atomic E-state index is 0.131. The lowest BCUT2D eigenvalue weighted by Crippen LogP contribution is -2.12. The summed E-state index contributed by atoms with van der Waals surface area (Å²) in [5, 5.41) is 9.56. The van der Waals surface area contributed by atoms with E-state index in [0.29, 0.717) is 0 Å². The number of benzene rings is 1. The lowest BCUT2D eigenvalue weighted by molar-refractivity contribution is -0.384. The molecule has 6 nitrogen and oxygen atoms in total. The number of nitrogens with two attached hydrogens (primary N) is 1. The molecule has 78 valence electrons. The first-order chi connectivity index (χ1) is 6.91. The van der Waals surface area contributed by atoms with Crippen molar-refractivity contribution in [3.63, 3.8) is 0 Å². The number of halogens is 1. The minimum Gasteiger partial charge on any atom is -0.366 e. The number of nitrogens with zero attached hydrogens (tertiary/aromatic N) is 1. The number of hydrogen-bond donors (Lipinski definition) is 1. The van der Waals surface area contributed by atoms with Crippen LogP contribution in [0.3, 0.4) is 0 Å². The van der Waals surface area contributed by atoms with Crippen LogP contribution in [0.4, 0.5) is 5.69 Å². The summed E-state index contributed by atoms with van der Waals surface area (Å²) in [7, 11) is 0. The molecule has 1 rings (SSSR count). The third-order valence-electron chi connectivity index (χ3n) is 1.64. The van der Waals surface area contributed by atoms with Gasteiger partial charge in [0.25, 0.3) is 10.9 Å². The van der Waals surface area contributed by atoms with Crippen molar-refractivity contribution in [3.8, 4) is 0 Å². The lowest BCUT2D eigenvalue weighted by atomic mass is 10.1. The molecule has 0 aromatic heterocycles. The fourth-order valence-corrected chi connectivity index (χ4v) is 1.08. The summed E-state index contributed by atoms with van der Waals surface area (Å²) in [6.45, 7) is 0. The van der Waals surface area contributed by atoms with Gasteiger partial charge in [0, 0.05) is 23.3 Å². The first kappa shape index (κ1) is 11.1. The molecule has 1 aromatic rings. The molecule has 0 atom stereocenters. The molecule has 0 aliphatic heterocycles. The summed E-state index contributed by atoms with van der Waals surface area (Å²) in [6, 6.07) is 3.05. The number of nitro benzene ring substituents is 1. The monoisotopic (exact) mass is 228 g/mol. The van der Waals surface area contributed by atoms with Crippen molar-refractivity contribution >= 4 is 28.4 Å². The van der Waals surface area contributed by atoms with Crippen molar-refractivity contribution in [2.75, 3.05) is 0 Å². The number of non-ortho nitro benzene ring substituents is 1. The third kappa shape index (κ3) is 2.50. The Bertz CT molecular complexity index is 379. The largest absolute Gasteiger partial charge is 0.366 e. The second kappa shape index (κ2) is 4.05. The molecule has 0 saturated carbocycles. The van der Waals surface area contributed by atoms with Gasteiger partial charge in [0.05, 0.1) is 4.92 Å². The predicted molar refractivity (Wildman–Crippen MR) is 51.8 cm³/mol. The average molecular weight is 229 g/mol. The van der Waals surface area contributed by atoms with E-state index in [9.17, 15) is 19.7 Å². The number of hydrogen-bond acceptors (Lipinski definition) is 4. The van der Waals surface area contributed by atoms with Crippen LogP contribution in [0.2, 0.25) is 0 Å². The van der Waals surface area contributed by atoms with Crippen LogP contribution in [0.15, 0.2) is 18.2 Å². The number of nitro groups is 1. The van der Waals surface area contributed by atoms with Crippen LogP contribution in [-0.4, -0.2) is 16.1 Å². The maximum Gasteiger partial charge on any atom is 0.271 e. The van der Waals surface area contributed by atoms with Gasteiger partial charge in [0.2, 0.25) is 5.91 Å². The smallest absolute Gasteiger partial charge is 0.271 e. The number of rotatable bonds is 3. The number of carbonyl (C=O) groups excluding carboxylic acids is 2.